The lowest BCUT2D eigenvalue weighted by molar-refractivity contribution is -0.115. The number of aromatic nitrogens is 1. The van der Waals surface area contributed by atoms with E-state index in [1.165, 1.54) is 12.1 Å². The molecule has 2 heterocycles. The van der Waals surface area contributed by atoms with Crippen LogP contribution in [-0.4, -0.2) is 32.7 Å². The summed E-state index contributed by atoms with van der Waals surface area (Å²) < 4.78 is 44.1. The molecule has 9 nitrogen and oxygen atoms in total. The predicted molar refractivity (Wildman–Crippen MR) is 121 cm³/mol. The number of nitrogens with one attached hydrogen (secondary N) is 2. The van der Waals surface area contributed by atoms with Crippen molar-refractivity contribution in [1.82, 2.24) is 5.16 Å². The van der Waals surface area contributed by atoms with Gasteiger partial charge in [-0.3, -0.25) is 9.52 Å². The third-order valence-electron chi connectivity index (χ3n) is 5.02. The van der Waals surface area contributed by atoms with Crippen LogP contribution in [0, 0.1) is 0 Å². The lowest BCUT2D eigenvalue weighted by Gasteiger charge is -2.19. The Bertz CT molecular complexity index is 1430. The Balaban J connectivity index is 1.24. The molecule has 1 amide bonds. The lowest BCUT2D eigenvalue weighted by Crippen LogP contribution is -2.17. The fraction of sp³-hybridized carbons (Fsp3) is 0.130. The van der Waals surface area contributed by atoms with E-state index in [2.05, 4.69) is 15.2 Å². The summed E-state index contributed by atoms with van der Waals surface area (Å²) >= 11 is 0. The molecule has 33 heavy (non-hydrogen) atoms. The summed E-state index contributed by atoms with van der Waals surface area (Å²) in [6, 6.07) is 18.1. The van der Waals surface area contributed by atoms with E-state index in [1.54, 1.807) is 36.4 Å². The van der Waals surface area contributed by atoms with Gasteiger partial charge in [-0.25, -0.2) is 8.42 Å². The van der Waals surface area contributed by atoms with Crippen molar-refractivity contribution in [3.63, 3.8) is 0 Å². The van der Waals surface area contributed by atoms with E-state index < -0.39 is 10.0 Å². The molecule has 0 spiro atoms. The fourth-order valence-corrected chi connectivity index (χ4v) is 4.52. The molecule has 4 aromatic rings. The van der Waals surface area contributed by atoms with Crippen molar-refractivity contribution in [3.8, 4) is 11.5 Å². The van der Waals surface area contributed by atoms with E-state index in [0.717, 1.165) is 5.39 Å². The van der Waals surface area contributed by atoms with Crippen LogP contribution in [0.15, 0.2) is 76.1 Å². The summed E-state index contributed by atoms with van der Waals surface area (Å²) in [5, 5.41) is 7.52. The van der Waals surface area contributed by atoms with Crippen LogP contribution >= 0.6 is 0 Å². The monoisotopic (exact) mass is 465 g/mol. The average molecular weight is 465 g/mol. The van der Waals surface area contributed by atoms with Gasteiger partial charge in [0.15, 0.2) is 17.1 Å². The highest BCUT2D eigenvalue weighted by Gasteiger charge is 2.19. The Morgan fingerprint density at radius 2 is 1.64 bits per heavy atom. The second-order valence-electron chi connectivity index (χ2n) is 7.34. The van der Waals surface area contributed by atoms with Gasteiger partial charge in [-0.15, -0.1) is 0 Å². The first-order chi connectivity index (χ1) is 16.0. The highest BCUT2D eigenvalue weighted by atomic mass is 32.2. The first-order valence-electron chi connectivity index (χ1n) is 10.1. The number of hydrogen-bond donors (Lipinski definition) is 2. The number of nitrogens with zero attached hydrogens (tertiary/aromatic N) is 1. The third kappa shape index (κ3) is 4.46. The standard InChI is InChI=1S/C23H19N3O6S/c27-23(14-19-18-3-1-2-4-20(18)32-25-19)24-15-5-7-16(8-6-15)26-33(28,29)17-9-10-21-22(13-17)31-12-11-30-21/h1-10,13,26H,11-12,14H2,(H,24,27). The topological polar surface area (TPSA) is 120 Å². The molecular formula is C23H19N3O6S. The van der Waals surface area contributed by atoms with E-state index in [-0.39, 0.29) is 17.2 Å². The minimum absolute atomic E-state index is 0.0511. The number of ether oxygens (including phenoxy) is 2. The summed E-state index contributed by atoms with van der Waals surface area (Å²) in [6.07, 6.45) is 0.0511. The minimum atomic E-state index is -3.83. The van der Waals surface area contributed by atoms with Crippen LogP contribution in [0.5, 0.6) is 11.5 Å². The quantitative estimate of drug-likeness (QED) is 0.447. The Morgan fingerprint density at radius 3 is 2.45 bits per heavy atom. The number of amides is 1. The Labute approximate surface area is 189 Å². The Morgan fingerprint density at radius 1 is 0.909 bits per heavy atom. The number of rotatable bonds is 6. The van der Waals surface area contributed by atoms with Crippen LogP contribution < -0.4 is 19.5 Å². The van der Waals surface area contributed by atoms with E-state index in [1.807, 2.05) is 18.2 Å². The summed E-state index contributed by atoms with van der Waals surface area (Å²) in [5.74, 6) is 0.639. The van der Waals surface area contributed by atoms with E-state index in [9.17, 15) is 13.2 Å². The SMILES string of the molecule is O=C(Cc1noc2ccccc12)Nc1ccc(NS(=O)(=O)c2ccc3c(c2)OCCO3)cc1. The largest absolute Gasteiger partial charge is 0.486 e. The maximum Gasteiger partial charge on any atom is 0.262 e. The van der Waals surface area contributed by atoms with Gasteiger partial charge in [-0.2, -0.15) is 0 Å². The zero-order chi connectivity index (χ0) is 22.8. The van der Waals surface area contributed by atoms with Crippen LogP contribution in [0.1, 0.15) is 5.69 Å². The number of sulfonamides is 1. The van der Waals surface area contributed by atoms with Gasteiger partial charge >= 0.3 is 0 Å². The van der Waals surface area contributed by atoms with Crippen molar-refractivity contribution in [2.45, 2.75) is 11.3 Å². The van der Waals surface area contributed by atoms with Crippen molar-refractivity contribution >= 4 is 38.3 Å². The Kier molecular flexibility index (Phi) is 5.35. The summed E-state index contributed by atoms with van der Waals surface area (Å²) in [5.41, 5.74) is 2.04. The van der Waals surface area contributed by atoms with Crippen molar-refractivity contribution < 1.29 is 27.2 Å². The summed E-state index contributed by atoms with van der Waals surface area (Å²) in [4.78, 5) is 12.5. The third-order valence-corrected chi connectivity index (χ3v) is 6.40. The molecule has 168 valence electrons. The zero-order valence-electron chi connectivity index (χ0n) is 17.3. The van der Waals surface area contributed by atoms with Gasteiger partial charge in [0.25, 0.3) is 10.0 Å². The molecule has 2 N–H and O–H groups in total. The maximum absolute atomic E-state index is 12.7. The number of benzene rings is 3. The van der Waals surface area contributed by atoms with Gasteiger partial charge in [0, 0.05) is 22.8 Å². The van der Waals surface area contributed by atoms with Gasteiger partial charge in [0.05, 0.1) is 11.3 Å². The molecule has 0 atom stereocenters. The molecule has 0 aliphatic carbocycles. The summed E-state index contributed by atoms with van der Waals surface area (Å²) in [7, 11) is -3.83. The second kappa shape index (κ2) is 8.47. The van der Waals surface area contributed by atoms with Crippen molar-refractivity contribution in [2.75, 3.05) is 23.3 Å². The lowest BCUT2D eigenvalue weighted by atomic mass is 10.1. The Hall–Kier alpha value is -4.05. The van der Waals surface area contributed by atoms with Crippen LogP contribution in [-0.2, 0) is 21.2 Å². The molecule has 0 saturated heterocycles. The molecule has 0 fully saturated rings. The molecule has 5 rings (SSSR count). The number of para-hydroxylation sites is 1. The molecule has 0 radical (unpaired) electrons. The van der Waals surface area contributed by atoms with Crippen molar-refractivity contribution in [2.24, 2.45) is 0 Å². The number of hydrogen-bond acceptors (Lipinski definition) is 7. The molecule has 10 heteroatoms. The van der Waals surface area contributed by atoms with Crippen LogP contribution in [0.2, 0.25) is 0 Å². The van der Waals surface area contributed by atoms with Crippen LogP contribution in [0.3, 0.4) is 0 Å². The predicted octanol–water partition coefficient (Wildman–Crippen LogP) is 3.58. The number of carbonyl (C=O) groups excluding carboxylic acids is 1. The van der Waals surface area contributed by atoms with Gasteiger partial charge in [0.1, 0.15) is 18.9 Å². The summed E-state index contributed by atoms with van der Waals surface area (Å²) in [6.45, 7) is 0.791. The number of fused-ring (bicyclic) bond motifs is 2. The highest BCUT2D eigenvalue weighted by molar-refractivity contribution is 7.92. The van der Waals surface area contributed by atoms with Crippen molar-refractivity contribution in [3.05, 3.63) is 72.4 Å². The first kappa shape index (κ1) is 20.8. The van der Waals surface area contributed by atoms with Crippen LogP contribution in [0.4, 0.5) is 11.4 Å². The minimum Gasteiger partial charge on any atom is -0.486 e. The van der Waals surface area contributed by atoms with Gasteiger partial charge in [-0.1, -0.05) is 17.3 Å². The molecule has 0 bridgehead atoms. The van der Waals surface area contributed by atoms with E-state index in [4.69, 9.17) is 14.0 Å². The zero-order valence-corrected chi connectivity index (χ0v) is 18.1. The molecule has 1 aromatic heterocycles. The second-order valence-corrected chi connectivity index (χ2v) is 9.02. The fourth-order valence-electron chi connectivity index (χ4n) is 3.45. The van der Waals surface area contributed by atoms with Crippen molar-refractivity contribution in [1.29, 1.82) is 0 Å². The smallest absolute Gasteiger partial charge is 0.262 e. The molecule has 0 unspecified atom stereocenters. The average Bonchev–Trinajstić information content (AvgIpc) is 3.22. The molecular weight excluding hydrogens is 446 g/mol. The first-order valence-corrected chi connectivity index (χ1v) is 11.6. The van der Waals surface area contributed by atoms with Gasteiger partial charge in [0.2, 0.25) is 5.91 Å². The number of anilines is 2. The molecule has 3 aromatic carbocycles. The molecule has 1 aliphatic heterocycles. The van der Waals surface area contributed by atoms with E-state index in [0.29, 0.717) is 47.4 Å². The van der Waals surface area contributed by atoms with Gasteiger partial charge < -0.3 is 19.3 Å². The van der Waals surface area contributed by atoms with Gasteiger partial charge in [-0.05, 0) is 48.5 Å². The van der Waals surface area contributed by atoms with Crippen LogP contribution in [0.25, 0.3) is 11.0 Å². The maximum atomic E-state index is 12.7. The molecule has 1 aliphatic rings. The highest BCUT2D eigenvalue weighted by Crippen LogP contribution is 2.32. The van der Waals surface area contributed by atoms with E-state index >= 15 is 0 Å². The molecule has 0 saturated carbocycles. The number of carbonyl (C=O) groups is 1. The normalized spacial score (nSPS) is 13.0.